The van der Waals surface area contributed by atoms with E-state index in [-0.39, 0.29) is 12.8 Å². The number of halogens is 1. The van der Waals surface area contributed by atoms with Gasteiger partial charge in [0.2, 0.25) is 0 Å². The number of hydrogen-bond donors (Lipinski definition) is 1. The second-order valence-electron chi connectivity index (χ2n) is 3.66. The minimum absolute atomic E-state index is 0.0346. The molecular formula is C14H11ClO2. The molecule has 1 aromatic rings. The number of carboxylic acids is 1. The van der Waals surface area contributed by atoms with Gasteiger partial charge >= 0.3 is 5.97 Å². The van der Waals surface area contributed by atoms with Crippen LogP contribution in [0.3, 0.4) is 0 Å². The minimum atomic E-state index is -1.26. The molecule has 1 N–H and O–H groups in total. The first-order valence-electron chi connectivity index (χ1n) is 4.93. The Morgan fingerprint density at radius 3 is 2.35 bits per heavy atom. The zero-order chi connectivity index (χ0) is 12.9. The van der Waals surface area contributed by atoms with Gasteiger partial charge in [-0.1, -0.05) is 23.7 Å². The molecule has 0 heterocycles. The van der Waals surface area contributed by atoms with Crippen molar-refractivity contribution in [1.82, 2.24) is 0 Å². The molecule has 0 fully saturated rings. The zero-order valence-electron chi connectivity index (χ0n) is 9.11. The van der Waals surface area contributed by atoms with Crippen molar-refractivity contribution in [3.8, 4) is 24.7 Å². The van der Waals surface area contributed by atoms with Crippen LogP contribution in [0.5, 0.6) is 0 Å². The van der Waals surface area contributed by atoms with Crippen molar-refractivity contribution in [2.75, 3.05) is 0 Å². The first kappa shape index (κ1) is 13.2. The van der Waals surface area contributed by atoms with E-state index in [1.165, 1.54) is 0 Å². The second-order valence-corrected chi connectivity index (χ2v) is 4.10. The van der Waals surface area contributed by atoms with Gasteiger partial charge in [0.1, 0.15) is 5.41 Å². The molecule has 0 aliphatic heterocycles. The third kappa shape index (κ3) is 2.61. The number of rotatable bonds is 4. The lowest BCUT2D eigenvalue weighted by atomic mass is 9.75. The molecule has 0 saturated carbocycles. The molecule has 0 aliphatic rings. The zero-order valence-corrected chi connectivity index (χ0v) is 9.87. The maximum absolute atomic E-state index is 11.5. The molecule has 3 heteroatoms. The van der Waals surface area contributed by atoms with E-state index in [9.17, 15) is 9.90 Å². The largest absolute Gasteiger partial charge is 0.481 e. The van der Waals surface area contributed by atoms with E-state index in [1.807, 2.05) is 0 Å². The highest BCUT2D eigenvalue weighted by Crippen LogP contribution is 2.33. The molecular weight excluding hydrogens is 236 g/mol. The van der Waals surface area contributed by atoms with Crippen molar-refractivity contribution in [2.24, 2.45) is 0 Å². The van der Waals surface area contributed by atoms with Crippen LogP contribution in [0, 0.1) is 24.7 Å². The molecule has 0 bridgehead atoms. The number of hydrogen-bond acceptors (Lipinski definition) is 1. The van der Waals surface area contributed by atoms with Gasteiger partial charge in [-0.05, 0) is 17.7 Å². The van der Waals surface area contributed by atoms with Crippen molar-refractivity contribution < 1.29 is 9.90 Å². The van der Waals surface area contributed by atoms with Gasteiger partial charge in [-0.25, -0.2) is 0 Å². The summed E-state index contributed by atoms with van der Waals surface area (Å²) < 4.78 is 0. The fraction of sp³-hybridized carbons (Fsp3) is 0.214. The summed E-state index contributed by atoms with van der Waals surface area (Å²) in [4.78, 5) is 11.5. The molecule has 86 valence electrons. The van der Waals surface area contributed by atoms with Gasteiger partial charge in [-0.3, -0.25) is 4.79 Å². The lowest BCUT2D eigenvalue weighted by molar-refractivity contribution is -0.143. The van der Waals surface area contributed by atoms with E-state index in [1.54, 1.807) is 24.3 Å². The summed E-state index contributed by atoms with van der Waals surface area (Å²) in [5.41, 5.74) is -0.720. The first-order chi connectivity index (χ1) is 8.06. The third-order valence-corrected chi connectivity index (χ3v) is 2.83. The maximum Gasteiger partial charge on any atom is 0.316 e. The summed E-state index contributed by atoms with van der Waals surface area (Å²) in [5, 5.41) is 9.86. The van der Waals surface area contributed by atoms with Gasteiger partial charge in [0, 0.05) is 17.9 Å². The van der Waals surface area contributed by atoms with E-state index in [4.69, 9.17) is 24.4 Å². The van der Waals surface area contributed by atoms with Gasteiger partial charge in [0.05, 0.1) is 0 Å². The number of aliphatic carboxylic acids is 1. The molecule has 2 nitrogen and oxygen atoms in total. The average Bonchev–Trinajstić information content (AvgIpc) is 2.28. The van der Waals surface area contributed by atoms with Gasteiger partial charge in [-0.15, -0.1) is 24.7 Å². The Bertz CT molecular complexity index is 490. The van der Waals surface area contributed by atoms with Crippen molar-refractivity contribution in [1.29, 1.82) is 0 Å². The number of benzene rings is 1. The fourth-order valence-electron chi connectivity index (χ4n) is 1.68. The summed E-state index contributed by atoms with van der Waals surface area (Å²) in [6, 6.07) is 6.62. The highest BCUT2D eigenvalue weighted by atomic mass is 35.5. The third-order valence-electron chi connectivity index (χ3n) is 2.59. The Hall–Kier alpha value is -1.90. The number of carbonyl (C=O) groups is 1. The van der Waals surface area contributed by atoms with E-state index >= 15 is 0 Å². The molecule has 0 unspecified atom stereocenters. The Morgan fingerprint density at radius 2 is 1.94 bits per heavy atom. The predicted octanol–water partition coefficient (Wildman–Crippen LogP) is 2.71. The lowest BCUT2D eigenvalue weighted by Gasteiger charge is -2.26. The SMILES string of the molecule is C#CCC(CC#C)(C(=O)O)c1cccc(Cl)c1. The van der Waals surface area contributed by atoms with Gasteiger partial charge < -0.3 is 5.11 Å². The van der Waals surface area contributed by atoms with Crippen LogP contribution >= 0.6 is 11.6 Å². The first-order valence-corrected chi connectivity index (χ1v) is 5.31. The molecule has 0 saturated heterocycles. The van der Waals surface area contributed by atoms with Crippen LogP contribution in [0.2, 0.25) is 5.02 Å². The summed E-state index contributed by atoms with van der Waals surface area (Å²) >= 11 is 5.86. The average molecular weight is 247 g/mol. The Labute approximate surface area is 106 Å². The maximum atomic E-state index is 11.5. The van der Waals surface area contributed by atoms with Crippen LogP contribution in [-0.2, 0) is 10.2 Å². The van der Waals surface area contributed by atoms with Crippen LogP contribution in [0.15, 0.2) is 24.3 Å². The predicted molar refractivity (Wildman–Crippen MR) is 67.7 cm³/mol. The minimum Gasteiger partial charge on any atom is -0.481 e. The standard InChI is InChI=1S/C14H11ClO2/c1-3-8-14(9-4-2,13(16)17)11-6-5-7-12(15)10-11/h1-2,5-7,10H,8-9H2,(H,16,17). The van der Waals surface area contributed by atoms with Crippen LogP contribution in [0.1, 0.15) is 18.4 Å². The second kappa shape index (κ2) is 5.43. The molecule has 0 atom stereocenters. The topological polar surface area (TPSA) is 37.3 Å². The number of carboxylic acid groups (broad SMARTS) is 1. The molecule has 0 amide bonds. The summed E-state index contributed by atoms with van der Waals surface area (Å²) in [7, 11) is 0. The van der Waals surface area contributed by atoms with E-state index in [0.29, 0.717) is 10.6 Å². The quantitative estimate of drug-likeness (QED) is 0.830. The molecule has 0 radical (unpaired) electrons. The van der Waals surface area contributed by atoms with E-state index in [2.05, 4.69) is 11.8 Å². The Balaban J connectivity index is 3.37. The van der Waals surface area contributed by atoms with Gasteiger partial charge in [-0.2, -0.15) is 0 Å². The van der Waals surface area contributed by atoms with Crippen LogP contribution in [-0.4, -0.2) is 11.1 Å². The molecule has 1 aromatic carbocycles. The summed E-state index contributed by atoms with van der Waals surface area (Å²) in [6.45, 7) is 0. The summed E-state index contributed by atoms with van der Waals surface area (Å²) in [5.74, 6) is 3.71. The normalized spacial score (nSPS) is 10.3. The number of terminal acetylenes is 2. The Morgan fingerprint density at radius 1 is 1.35 bits per heavy atom. The highest BCUT2D eigenvalue weighted by Gasteiger charge is 2.39. The van der Waals surface area contributed by atoms with Crippen molar-refractivity contribution >= 4 is 17.6 Å². The van der Waals surface area contributed by atoms with Crippen molar-refractivity contribution in [3.63, 3.8) is 0 Å². The van der Waals surface area contributed by atoms with Crippen LogP contribution in [0.4, 0.5) is 0 Å². The van der Waals surface area contributed by atoms with Crippen molar-refractivity contribution in [2.45, 2.75) is 18.3 Å². The van der Waals surface area contributed by atoms with Crippen LogP contribution < -0.4 is 0 Å². The molecule has 0 aliphatic carbocycles. The summed E-state index contributed by atoms with van der Waals surface area (Å²) in [6.07, 6.45) is 10.6. The molecule has 0 spiro atoms. The van der Waals surface area contributed by atoms with Gasteiger partial charge in [0.25, 0.3) is 0 Å². The monoisotopic (exact) mass is 246 g/mol. The molecule has 17 heavy (non-hydrogen) atoms. The molecule has 1 rings (SSSR count). The van der Waals surface area contributed by atoms with E-state index < -0.39 is 11.4 Å². The lowest BCUT2D eigenvalue weighted by Crippen LogP contribution is -2.35. The van der Waals surface area contributed by atoms with Gasteiger partial charge in [0.15, 0.2) is 0 Å². The van der Waals surface area contributed by atoms with Crippen LogP contribution in [0.25, 0.3) is 0 Å². The van der Waals surface area contributed by atoms with E-state index in [0.717, 1.165) is 0 Å². The molecule has 0 aromatic heterocycles. The Kier molecular flexibility index (Phi) is 4.21. The smallest absolute Gasteiger partial charge is 0.316 e. The highest BCUT2D eigenvalue weighted by molar-refractivity contribution is 6.30. The van der Waals surface area contributed by atoms with Crippen molar-refractivity contribution in [3.05, 3.63) is 34.9 Å². The fourth-order valence-corrected chi connectivity index (χ4v) is 1.87.